The first-order valence-corrected chi connectivity index (χ1v) is 17.9. The van der Waals surface area contributed by atoms with Gasteiger partial charge in [-0.15, -0.1) is 0 Å². The number of anilines is 1. The average molecular weight is 724 g/mol. The van der Waals surface area contributed by atoms with Crippen molar-refractivity contribution in [1.82, 2.24) is 25.9 Å². The third-order valence-corrected chi connectivity index (χ3v) is 8.08. The van der Waals surface area contributed by atoms with Crippen molar-refractivity contribution in [2.45, 2.75) is 64.6 Å². The number of amides is 5. The van der Waals surface area contributed by atoms with Gasteiger partial charge in [-0.05, 0) is 37.0 Å². The molecule has 278 valence electrons. The summed E-state index contributed by atoms with van der Waals surface area (Å²) in [4.78, 5) is 69.8. The molecule has 5 amide bonds. The van der Waals surface area contributed by atoms with Crippen LogP contribution >= 0.6 is 0 Å². The van der Waals surface area contributed by atoms with Crippen LogP contribution in [0.15, 0.2) is 29.6 Å². The molecule has 17 nitrogen and oxygen atoms in total. The molecule has 2 aromatic rings. The molecular weight excluding hydrogens is 674 g/mol. The summed E-state index contributed by atoms with van der Waals surface area (Å²) in [6, 6.07) is 2.22. The molecule has 0 radical (unpaired) electrons. The van der Waals surface area contributed by atoms with Gasteiger partial charge in [-0.1, -0.05) is 34.6 Å². The lowest BCUT2D eigenvalue weighted by Crippen LogP contribution is -2.55. The van der Waals surface area contributed by atoms with Crippen LogP contribution in [0, 0.1) is 11.3 Å². The van der Waals surface area contributed by atoms with E-state index < -0.39 is 51.1 Å². The molecule has 0 saturated heterocycles. The zero-order chi connectivity index (χ0) is 37.5. The predicted molar refractivity (Wildman–Crippen MR) is 184 cm³/mol. The molecule has 0 saturated carbocycles. The van der Waals surface area contributed by atoms with Crippen LogP contribution < -0.4 is 27.0 Å². The third kappa shape index (κ3) is 14.7. The molecule has 0 aliphatic rings. The topological polar surface area (TPSA) is 247 Å². The number of Topliss-reactive ketones (excluding diaryl/α,β-unsaturated/α-hetero) is 1. The van der Waals surface area contributed by atoms with E-state index in [1.165, 1.54) is 6.07 Å². The normalized spacial score (nSPS) is 13.0. The van der Waals surface area contributed by atoms with Gasteiger partial charge in [0.1, 0.15) is 25.6 Å². The Morgan fingerprint density at radius 3 is 2.10 bits per heavy atom. The minimum Gasteiger partial charge on any atom is -0.377 e. The number of rotatable bonds is 21. The summed E-state index contributed by atoms with van der Waals surface area (Å²) in [5, 5.41) is 10.7. The summed E-state index contributed by atoms with van der Waals surface area (Å²) in [6.07, 6.45) is 2.89. The largest absolute Gasteiger partial charge is 0.377 e. The van der Waals surface area contributed by atoms with Gasteiger partial charge in [0, 0.05) is 29.3 Å². The second-order valence-corrected chi connectivity index (χ2v) is 14.8. The van der Waals surface area contributed by atoms with Crippen molar-refractivity contribution in [2.75, 3.05) is 57.8 Å². The van der Waals surface area contributed by atoms with E-state index in [-0.39, 0.29) is 74.7 Å². The lowest BCUT2D eigenvalue weighted by atomic mass is 9.84. The smallest absolute Gasteiger partial charge is 0.312 e. The van der Waals surface area contributed by atoms with Crippen molar-refractivity contribution in [3.8, 4) is 0 Å². The standard InChI is InChI=1S/C32H49N7O10S/c1-20(2)27(29(43)38-24(28(42)32(3,4)5)8-7-11-34-31(33)44)39-26(41)18-49-15-13-47-12-14-48-17-25(40)37-21-9-10-23-22(16-21)30(36-19-35-23)50(6,45)46/h9-10,16,19-20,24,27H,7-8,11-15,17-18H2,1-6H3,(H,37,40)(H,38,43)(H,39,41)(H3,33,34,44)/t24-,27-/m0/s1. The van der Waals surface area contributed by atoms with Crippen LogP contribution in [0.2, 0.25) is 0 Å². The minimum atomic E-state index is -3.60. The molecule has 0 fully saturated rings. The van der Waals surface area contributed by atoms with E-state index in [1.807, 2.05) is 0 Å². The van der Waals surface area contributed by atoms with Gasteiger partial charge in [0.2, 0.25) is 17.7 Å². The van der Waals surface area contributed by atoms with Crippen molar-refractivity contribution >= 4 is 56.0 Å². The Balaban J connectivity index is 1.69. The lowest BCUT2D eigenvalue weighted by molar-refractivity contribution is -0.136. The summed E-state index contributed by atoms with van der Waals surface area (Å²) < 4.78 is 40.1. The number of ketones is 1. The van der Waals surface area contributed by atoms with Crippen LogP contribution in [-0.2, 0) is 43.2 Å². The van der Waals surface area contributed by atoms with E-state index in [2.05, 4.69) is 31.2 Å². The van der Waals surface area contributed by atoms with Gasteiger partial charge in [0.05, 0.1) is 38.0 Å². The fourth-order valence-corrected chi connectivity index (χ4v) is 5.39. The molecule has 2 atom stereocenters. The molecule has 0 aliphatic carbocycles. The van der Waals surface area contributed by atoms with Crippen LogP contribution in [0.25, 0.3) is 10.9 Å². The van der Waals surface area contributed by atoms with Gasteiger partial charge in [-0.3, -0.25) is 19.2 Å². The number of fused-ring (bicyclic) bond motifs is 1. The second-order valence-electron chi connectivity index (χ2n) is 12.8. The maximum absolute atomic E-state index is 13.1. The molecule has 1 aromatic heterocycles. The maximum atomic E-state index is 13.1. The van der Waals surface area contributed by atoms with E-state index in [9.17, 15) is 32.4 Å². The fourth-order valence-electron chi connectivity index (χ4n) is 4.59. The van der Waals surface area contributed by atoms with Gasteiger partial charge in [0.25, 0.3) is 0 Å². The van der Waals surface area contributed by atoms with Gasteiger partial charge in [-0.2, -0.15) is 0 Å². The Morgan fingerprint density at radius 2 is 1.52 bits per heavy atom. The lowest BCUT2D eigenvalue weighted by Gasteiger charge is -2.28. The van der Waals surface area contributed by atoms with Crippen LogP contribution in [0.3, 0.4) is 0 Å². The highest BCUT2D eigenvalue weighted by Crippen LogP contribution is 2.23. The highest BCUT2D eigenvalue weighted by molar-refractivity contribution is 7.90. The first-order chi connectivity index (χ1) is 23.4. The van der Waals surface area contributed by atoms with Crippen molar-refractivity contribution in [3.05, 3.63) is 24.5 Å². The van der Waals surface area contributed by atoms with Crippen molar-refractivity contribution in [1.29, 1.82) is 0 Å². The number of primary amides is 1. The zero-order valence-electron chi connectivity index (χ0n) is 29.4. The fraction of sp³-hybridized carbons (Fsp3) is 0.594. The molecule has 18 heteroatoms. The van der Waals surface area contributed by atoms with Gasteiger partial charge >= 0.3 is 6.03 Å². The zero-order valence-corrected chi connectivity index (χ0v) is 30.2. The number of carbonyl (C=O) groups excluding carboxylic acids is 5. The maximum Gasteiger partial charge on any atom is 0.312 e. The van der Waals surface area contributed by atoms with E-state index >= 15 is 0 Å². The molecule has 0 aliphatic heterocycles. The van der Waals surface area contributed by atoms with Crippen LogP contribution in [0.1, 0.15) is 47.5 Å². The monoisotopic (exact) mass is 723 g/mol. The van der Waals surface area contributed by atoms with Gasteiger partial charge < -0.3 is 41.2 Å². The summed E-state index contributed by atoms with van der Waals surface area (Å²) in [6.45, 7) is 8.88. The molecule has 0 bridgehead atoms. The third-order valence-electron chi connectivity index (χ3n) is 7.05. The highest BCUT2D eigenvalue weighted by atomic mass is 32.2. The number of urea groups is 1. The summed E-state index contributed by atoms with van der Waals surface area (Å²) >= 11 is 0. The molecular formula is C32H49N7O10S. The minimum absolute atomic E-state index is 0.0785. The number of nitrogens with two attached hydrogens (primary N) is 1. The Hall–Kier alpha value is -4.26. The molecule has 1 aromatic carbocycles. The molecule has 50 heavy (non-hydrogen) atoms. The van der Waals surface area contributed by atoms with Crippen molar-refractivity contribution in [3.63, 3.8) is 0 Å². The quantitative estimate of drug-likeness (QED) is 0.0883. The van der Waals surface area contributed by atoms with Crippen molar-refractivity contribution < 1.29 is 46.6 Å². The molecule has 0 spiro atoms. The van der Waals surface area contributed by atoms with E-state index in [4.69, 9.17) is 19.9 Å². The number of hydrogen-bond acceptors (Lipinski definition) is 12. The van der Waals surface area contributed by atoms with Gasteiger partial charge in [0.15, 0.2) is 20.6 Å². The first-order valence-electron chi connectivity index (χ1n) is 16.1. The first kappa shape index (κ1) is 41.9. The number of carbonyl (C=O) groups is 5. The number of aromatic nitrogens is 2. The van der Waals surface area contributed by atoms with E-state index in [1.54, 1.807) is 46.8 Å². The number of benzene rings is 1. The van der Waals surface area contributed by atoms with Crippen molar-refractivity contribution in [2.24, 2.45) is 17.1 Å². The Labute approximate surface area is 292 Å². The second kappa shape index (κ2) is 19.8. The summed E-state index contributed by atoms with van der Waals surface area (Å²) in [5.74, 6) is -1.97. The molecule has 1 heterocycles. The van der Waals surface area contributed by atoms with E-state index in [0.717, 1.165) is 12.6 Å². The number of nitrogens with zero attached hydrogens (tertiary/aromatic N) is 2. The Kier molecular flexibility index (Phi) is 16.6. The summed E-state index contributed by atoms with van der Waals surface area (Å²) in [5.41, 5.74) is 5.14. The number of nitrogens with one attached hydrogen (secondary N) is 4. The summed E-state index contributed by atoms with van der Waals surface area (Å²) in [7, 11) is -3.60. The molecule has 6 N–H and O–H groups in total. The highest BCUT2D eigenvalue weighted by Gasteiger charge is 2.33. The molecule has 2 rings (SSSR count). The number of sulfone groups is 1. The SMILES string of the molecule is CC(C)[C@H](NC(=O)COCCOCCOCC(=O)Nc1ccc2ncnc(S(C)(=O)=O)c2c1)C(=O)N[C@@H](CCCNC(N)=O)C(=O)C(C)(C)C. The number of ether oxygens (including phenoxy) is 3. The van der Waals surface area contributed by atoms with Crippen LogP contribution in [0.4, 0.5) is 10.5 Å². The Morgan fingerprint density at radius 1 is 0.900 bits per heavy atom. The Bertz CT molecular complexity index is 1600. The van der Waals surface area contributed by atoms with Crippen LogP contribution in [0.5, 0.6) is 0 Å². The van der Waals surface area contributed by atoms with Gasteiger partial charge in [-0.25, -0.2) is 23.2 Å². The van der Waals surface area contributed by atoms with E-state index in [0.29, 0.717) is 17.6 Å². The average Bonchev–Trinajstić information content (AvgIpc) is 3.02. The van der Waals surface area contributed by atoms with Crippen LogP contribution in [-0.4, -0.2) is 112 Å². The number of hydrogen-bond donors (Lipinski definition) is 5. The molecule has 0 unspecified atom stereocenters. The predicted octanol–water partition coefficient (Wildman–Crippen LogP) is 0.711.